The lowest BCUT2D eigenvalue weighted by Gasteiger charge is -2.32. The predicted molar refractivity (Wildman–Crippen MR) is 38.2 cm³/mol. The maximum absolute atomic E-state index is 9.42. The summed E-state index contributed by atoms with van der Waals surface area (Å²) in [6.45, 7) is 0.392. The third-order valence-corrected chi connectivity index (χ3v) is 2.63. The van der Waals surface area contributed by atoms with E-state index in [0.29, 0.717) is 6.61 Å². The fourth-order valence-electron chi connectivity index (χ4n) is 1.40. The van der Waals surface area contributed by atoms with E-state index in [2.05, 4.69) is 0 Å². The van der Waals surface area contributed by atoms with Crippen molar-refractivity contribution in [2.24, 2.45) is 5.73 Å². The zero-order valence-corrected chi connectivity index (χ0v) is 6.57. The first-order valence-corrected chi connectivity index (χ1v) is 3.98. The lowest BCUT2D eigenvalue weighted by atomic mass is 10.0. The third kappa shape index (κ3) is 1.06. The van der Waals surface area contributed by atoms with Gasteiger partial charge in [-0.1, -0.05) is 0 Å². The van der Waals surface area contributed by atoms with E-state index in [1.807, 2.05) is 0 Å². The van der Waals surface area contributed by atoms with Crippen LogP contribution in [0.3, 0.4) is 0 Å². The van der Waals surface area contributed by atoms with E-state index in [0.717, 1.165) is 0 Å². The third-order valence-electron chi connectivity index (χ3n) is 2.14. The molecule has 0 saturated carbocycles. The van der Waals surface area contributed by atoms with E-state index >= 15 is 0 Å². The number of hydrogen-bond donors (Lipinski definition) is 2. The summed E-state index contributed by atoms with van der Waals surface area (Å²) in [5.41, 5.74) is 5.60. The van der Waals surface area contributed by atoms with Gasteiger partial charge in [0.05, 0.1) is 18.8 Å². The topological polar surface area (TPSA) is 64.7 Å². The summed E-state index contributed by atoms with van der Waals surface area (Å²) in [5, 5.41) is 8.98. The zero-order valence-electron chi connectivity index (χ0n) is 5.81. The molecular formula is C6H10ClNO3. The van der Waals surface area contributed by atoms with Gasteiger partial charge in [-0.3, -0.25) is 0 Å². The molecule has 64 valence electrons. The molecule has 0 aliphatic carbocycles. The Balaban J connectivity index is 2.16. The van der Waals surface area contributed by atoms with Crippen molar-refractivity contribution in [2.75, 3.05) is 6.61 Å². The fraction of sp³-hybridized carbons (Fsp3) is 1.00. The first kappa shape index (κ1) is 7.76. The lowest BCUT2D eigenvalue weighted by Crippen LogP contribution is -2.56. The second-order valence-corrected chi connectivity index (χ2v) is 3.39. The summed E-state index contributed by atoms with van der Waals surface area (Å²) >= 11 is 5.82. The maximum Gasteiger partial charge on any atom is 0.176 e. The van der Waals surface area contributed by atoms with Crippen molar-refractivity contribution in [3.05, 3.63) is 0 Å². The Morgan fingerprint density at radius 3 is 3.00 bits per heavy atom. The van der Waals surface area contributed by atoms with Crippen molar-refractivity contribution >= 4 is 11.6 Å². The standard InChI is InChI=1S/C6H10ClNO3/c7-3-4(8)5(9)2-1-10-6(3)11-2/h2-6,9H,1,8H2/t2-,3-,4-,5+,6-/m0/s1. The summed E-state index contributed by atoms with van der Waals surface area (Å²) in [6, 6.07) is -0.442. The molecular weight excluding hydrogens is 170 g/mol. The molecule has 0 aromatic rings. The van der Waals surface area contributed by atoms with Gasteiger partial charge in [-0.15, -0.1) is 11.6 Å². The van der Waals surface area contributed by atoms with Crippen LogP contribution in [0.1, 0.15) is 0 Å². The molecule has 0 unspecified atom stereocenters. The van der Waals surface area contributed by atoms with Gasteiger partial charge in [0.25, 0.3) is 0 Å². The molecule has 2 aliphatic heterocycles. The van der Waals surface area contributed by atoms with Gasteiger partial charge in [0, 0.05) is 0 Å². The van der Waals surface area contributed by atoms with Crippen LogP contribution in [0.2, 0.25) is 0 Å². The highest BCUT2D eigenvalue weighted by molar-refractivity contribution is 6.21. The number of aliphatic hydroxyl groups is 1. The maximum atomic E-state index is 9.42. The van der Waals surface area contributed by atoms with Gasteiger partial charge < -0.3 is 20.3 Å². The van der Waals surface area contributed by atoms with Gasteiger partial charge >= 0.3 is 0 Å². The Labute approximate surface area is 69.2 Å². The second-order valence-electron chi connectivity index (χ2n) is 2.89. The molecule has 0 aromatic carbocycles. The number of ether oxygens (including phenoxy) is 2. The van der Waals surface area contributed by atoms with Gasteiger partial charge in [0.1, 0.15) is 11.5 Å². The van der Waals surface area contributed by atoms with Crippen LogP contribution in [-0.4, -0.2) is 41.6 Å². The summed E-state index contributed by atoms with van der Waals surface area (Å²) in [7, 11) is 0. The van der Waals surface area contributed by atoms with E-state index in [9.17, 15) is 5.11 Å². The first-order valence-electron chi connectivity index (χ1n) is 3.55. The van der Waals surface area contributed by atoms with E-state index < -0.39 is 23.8 Å². The van der Waals surface area contributed by atoms with Crippen molar-refractivity contribution < 1.29 is 14.6 Å². The smallest absolute Gasteiger partial charge is 0.176 e. The number of hydrogen-bond acceptors (Lipinski definition) is 4. The van der Waals surface area contributed by atoms with E-state index in [-0.39, 0.29) is 6.10 Å². The normalized spacial score (nSPS) is 56.5. The van der Waals surface area contributed by atoms with Crippen LogP contribution in [0, 0.1) is 0 Å². The fourth-order valence-corrected chi connectivity index (χ4v) is 1.69. The van der Waals surface area contributed by atoms with Crippen molar-refractivity contribution in [3.63, 3.8) is 0 Å². The number of alkyl halides is 1. The zero-order chi connectivity index (χ0) is 8.01. The second kappa shape index (κ2) is 2.57. The number of rotatable bonds is 0. The van der Waals surface area contributed by atoms with Gasteiger partial charge in [-0.05, 0) is 0 Å². The number of halogens is 1. The van der Waals surface area contributed by atoms with Crippen molar-refractivity contribution in [3.8, 4) is 0 Å². The molecule has 0 spiro atoms. The molecule has 2 bridgehead atoms. The molecule has 2 heterocycles. The molecule has 2 rings (SSSR count). The summed E-state index contributed by atoms with van der Waals surface area (Å²) in [4.78, 5) is 0. The minimum atomic E-state index is -0.698. The van der Waals surface area contributed by atoms with E-state index in [1.54, 1.807) is 0 Å². The summed E-state index contributed by atoms with van der Waals surface area (Å²) in [5.74, 6) is 0. The van der Waals surface area contributed by atoms with Crippen LogP contribution in [-0.2, 0) is 9.47 Å². The van der Waals surface area contributed by atoms with E-state index in [4.69, 9.17) is 26.8 Å². The van der Waals surface area contributed by atoms with Gasteiger partial charge in [0.2, 0.25) is 0 Å². The van der Waals surface area contributed by atoms with Crippen LogP contribution >= 0.6 is 11.6 Å². The molecule has 11 heavy (non-hydrogen) atoms. The Kier molecular flexibility index (Phi) is 1.81. The molecule has 0 amide bonds. The SMILES string of the molecule is N[C@@H]1[C@H](O)[C@@H]2CO[C@@H](O2)[C@H]1Cl. The van der Waals surface area contributed by atoms with Crippen LogP contribution < -0.4 is 5.73 Å². The number of nitrogens with two attached hydrogens (primary N) is 1. The molecule has 0 radical (unpaired) electrons. The van der Waals surface area contributed by atoms with Crippen LogP contribution in [0.15, 0.2) is 0 Å². The minimum absolute atomic E-state index is 0.287. The Hall–Kier alpha value is 0.130. The summed E-state index contributed by atoms with van der Waals surface area (Å²) < 4.78 is 10.3. The number of fused-ring (bicyclic) bond motifs is 2. The lowest BCUT2D eigenvalue weighted by molar-refractivity contribution is -0.123. The Bertz CT molecular complexity index is 148. The van der Waals surface area contributed by atoms with Crippen molar-refractivity contribution in [1.29, 1.82) is 0 Å². The van der Waals surface area contributed by atoms with E-state index in [1.165, 1.54) is 0 Å². The van der Waals surface area contributed by atoms with Crippen LogP contribution in [0.5, 0.6) is 0 Å². The Morgan fingerprint density at radius 1 is 1.55 bits per heavy atom. The number of aliphatic hydroxyl groups excluding tert-OH is 1. The molecule has 3 N–H and O–H groups in total. The molecule has 2 fully saturated rings. The largest absolute Gasteiger partial charge is 0.389 e. The van der Waals surface area contributed by atoms with Crippen LogP contribution in [0.25, 0.3) is 0 Å². The molecule has 5 atom stereocenters. The monoisotopic (exact) mass is 179 g/mol. The van der Waals surface area contributed by atoms with Crippen molar-refractivity contribution in [2.45, 2.75) is 29.9 Å². The molecule has 4 nitrogen and oxygen atoms in total. The highest BCUT2D eigenvalue weighted by Gasteiger charge is 2.47. The highest BCUT2D eigenvalue weighted by atomic mass is 35.5. The Morgan fingerprint density at radius 2 is 2.27 bits per heavy atom. The average molecular weight is 180 g/mol. The molecule has 0 aromatic heterocycles. The summed E-state index contributed by atoms with van der Waals surface area (Å²) in [6.07, 6.45) is -1.42. The minimum Gasteiger partial charge on any atom is -0.389 e. The van der Waals surface area contributed by atoms with Crippen LogP contribution in [0.4, 0.5) is 0 Å². The highest BCUT2D eigenvalue weighted by Crippen LogP contribution is 2.29. The van der Waals surface area contributed by atoms with Gasteiger partial charge in [0.15, 0.2) is 6.29 Å². The quantitative estimate of drug-likeness (QED) is 0.470. The predicted octanol–water partition coefficient (Wildman–Crippen LogP) is -0.963. The molecule has 2 saturated heterocycles. The first-order chi connectivity index (χ1) is 5.20. The molecule has 2 aliphatic rings. The average Bonchev–Trinajstić information content (AvgIpc) is 2.44. The van der Waals surface area contributed by atoms with Crippen molar-refractivity contribution in [1.82, 2.24) is 0 Å². The van der Waals surface area contributed by atoms with Gasteiger partial charge in [-0.25, -0.2) is 0 Å². The molecule has 5 heteroatoms. The van der Waals surface area contributed by atoms with Gasteiger partial charge in [-0.2, -0.15) is 0 Å².